The summed E-state index contributed by atoms with van der Waals surface area (Å²) in [7, 11) is 0. The van der Waals surface area contributed by atoms with E-state index in [1.807, 2.05) is 16.7 Å². The molecule has 3 fully saturated rings. The number of likely N-dealkylation sites (tertiary alicyclic amines) is 1. The number of hydrogen-bond acceptors (Lipinski definition) is 4. The lowest BCUT2D eigenvalue weighted by Crippen LogP contribution is -2.52. The van der Waals surface area contributed by atoms with Gasteiger partial charge < -0.3 is 14.5 Å². The van der Waals surface area contributed by atoms with Gasteiger partial charge in [0.1, 0.15) is 6.04 Å². The van der Waals surface area contributed by atoms with Crippen molar-refractivity contribution in [1.82, 2.24) is 9.80 Å². The Labute approximate surface area is 143 Å². The highest BCUT2D eigenvalue weighted by Crippen LogP contribution is 2.31. The topological polar surface area (TPSA) is 49.9 Å². The van der Waals surface area contributed by atoms with E-state index in [0.29, 0.717) is 12.0 Å². The number of carbonyl (C=O) groups is 2. The van der Waals surface area contributed by atoms with Crippen molar-refractivity contribution in [2.75, 3.05) is 31.3 Å². The molecule has 2 saturated heterocycles. The van der Waals surface area contributed by atoms with Crippen LogP contribution in [0, 0.1) is 5.92 Å². The summed E-state index contributed by atoms with van der Waals surface area (Å²) in [5.74, 6) is 1.96. The van der Waals surface area contributed by atoms with Gasteiger partial charge in [0.2, 0.25) is 11.8 Å². The fourth-order valence-corrected chi connectivity index (χ4v) is 5.12. The van der Waals surface area contributed by atoms with Crippen LogP contribution in [0.5, 0.6) is 0 Å². The minimum atomic E-state index is -0.239. The van der Waals surface area contributed by atoms with E-state index in [2.05, 4.69) is 0 Å². The van der Waals surface area contributed by atoms with Gasteiger partial charge in [-0.05, 0) is 32.6 Å². The molecule has 0 bridgehead atoms. The Morgan fingerprint density at radius 1 is 1.09 bits per heavy atom. The van der Waals surface area contributed by atoms with E-state index in [4.69, 9.17) is 4.74 Å². The fraction of sp³-hybridized carbons (Fsp3) is 0.882. The highest BCUT2D eigenvalue weighted by atomic mass is 32.2. The zero-order valence-corrected chi connectivity index (χ0v) is 14.9. The molecular formula is C17H28N2O3S. The van der Waals surface area contributed by atoms with E-state index in [9.17, 15) is 9.59 Å². The number of ether oxygens (including phenoxy) is 1. The van der Waals surface area contributed by atoms with Crippen LogP contribution in [0.3, 0.4) is 0 Å². The lowest BCUT2D eigenvalue weighted by Gasteiger charge is -2.35. The lowest BCUT2D eigenvalue weighted by molar-refractivity contribution is -0.146. The predicted octanol–water partition coefficient (Wildman–Crippen LogP) is 2.11. The van der Waals surface area contributed by atoms with Crippen molar-refractivity contribution in [3.8, 4) is 0 Å². The molecule has 0 aromatic rings. The van der Waals surface area contributed by atoms with Crippen LogP contribution < -0.4 is 0 Å². The van der Waals surface area contributed by atoms with Crippen LogP contribution in [0.2, 0.25) is 0 Å². The van der Waals surface area contributed by atoms with Crippen LogP contribution in [0.25, 0.3) is 0 Å². The normalized spacial score (nSPS) is 26.9. The van der Waals surface area contributed by atoms with Crippen molar-refractivity contribution in [2.24, 2.45) is 5.92 Å². The smallest absolute Gasteiger partial charge is 0.246 e. The highest BCUT2D eigenvalue weighted by molar-refractivity contribution is 7.99. The Morgan fingerprint density at radius 2 is 1.78 bits per heavy atom. The SMILES string of the molecule is CCOC1CCN(C(=O)[C@H]2CSCN2C(=O)C2CCCC2)CC1. The maximum Gasteiger partial charge on any atom is 0.246 e. The molecule has 0 spiro atoms. The third-order valence-corrected chi connectivity index (χ3v) is 6.32. The van der Waals surface area contributed by atoms with Gasteiger partial charge >= 0.3 is 0 Å². The summed E-state index contributed by atoms with van der Waals surface area (Å²) in [6.45, 7) is 4.27. The minimum absolute atomic E-state index is 0.149. The van der Waals surface area contributed by atoms with E-state index < -0.39 is 0 Å². The zero-order chi connectivity index (χ0) is 16.2. The average molecular weight is 340 g/mol. The second-order valence-electron chi connectivity index (χ2n) is 6.79. The molecule has 3 aliphatic rings. The summed E-state index contributed by atoms with van der Waals surface area (Å²) in [5, 5.41) is 0. The monoisotopic (exact) mass is 340 g/mol. The molecule has 2 aliphatic heterocycles. The third-order valence-electron chi connectivity index (χ3n) is 5.31. The van der Waals surface area contributed by atoms with Gasteiger partial charge in [-0.1, -0.05) is 12.8 Å². The Bertz CT molecular complexity index is 432. The molecule has 23 heavy (non-hydrogen) atoms. The molecule has 0 radical (unpaired) electrons. The second-order valence-corrected chi connectivity index (χ2v) is 7.78. The number of rotatable bonds is 4. The van der Waals surface area contributed by atoms with Crippen molar-refractivity contribution in [3.05, 3.63) is 0 Å². The van der Waals surface area contributed by atoms with Gasteiger partial charge in [0.05, 0.1) is 12.0 Å². The van der Waals surface area contributed by atoms with E-state index in [-0.39, 0.29) is 23.8 Å². The maximum atomic E-state index is 12.9. The largest absolute Gasteiger partial charge is 0.378 e. The summed E-state index contributed by atoms with van der Waals surface area (Å²) in [6.07, 6.45) is 6.42. The number of nitrogens with zero attached hydrogens (tertiary/aromatic N) is 2. The molecule has 0 unspecified atom stereocenters. The first-order chi connectivity index (χ1) is 11.2. The lowest BCUT2D eigenvalue weighted by atomic mass is 10.0. The highest BCUT2D eigenvalue weighted by Gasteiger charge is 2.40. The first kappa shape index (κ1) is 17.1. The van der Waals surface area contributed by atoms with Gasteiger partial charge in [-0.3, -0.25) is 9.59 Å². The zero-order valence-electron chi connectivity index (χ0n) is 14.0. The molecule has 130 valence electrons. The number of hydrogen-bond donors (Lipinski definition) is 0. The van der Waals surface area contributed by atoms with E-state index in [1.165, 1.54) is 0 Å². The molecule has 0 N–H and O–H groups in total. The number of carbonyl (C=O) groups excluding carboxylic acids is 2. The van der Waals surface area contributed by atoms with Gasteiger partial charge in [0, 0.05) is 31.4 Å². The van der Waals surface area contributed by atoms with Gasteiger partial charge in [-0.25, -0.2) is 0 Å². The van der Waals surface area contributed by atoms with Crippen LogP contribution in [-0.2, 0) is 14.3 Å². The molecule has 6 heteroatoms. The molecule has 0 aromatic carbocycles. The van der Waals surface area contributed by atoms with Crippen molar-refractivity contribution >= 4 is 23.6 Å². The van der Waals surface area contributed by atoms with Crippen molar-refractivity contribution in [1.29, 1.82) is 0 Å². The number of piperidine rings is 1. The van der Waals surface area contributed by atoms with E-state index in [1.54, 1.807) is 11.8 Å². The van der Waals surface area contributed by atoms with Crippen LogP contribution >= 0.6 is 11.8 Å². The van der Waals surface area contributed by atoms with Crippen LogP contribution in [0.4, 0.5) is 0 Å². The molecule has 1 atom stereocenters. The van der Waals surface area contributed by atoms with Crippen LogP contribution in [0.15, 0.2) is 0 Å². The molecule has 5 nitrogen and oxygen atoms in total. The van der Waals surface area contributed by atoms with E-state index >= 15 is 0 Å². The second kappa shape index (κ2) is 7.88. The minimum Gasteiger partial charge on any atom is -0.378 e. The standard InChI is InChI=1S/C17H28N2O3S/c1-2-22-14-7-9-18(10-8-14)17(21)15-11-23-12-19(15)16(20)13-5-3-4-6-13/h13-15H,2-12H2,1H3/t15-/m1/s1. The Hall–Kier alpha value is -0.750. The van der Waals surface area contributed by atoms with Gasteiger partial charge in [0.25, 0.3) is 0 Å². The molecule has 1 aliphatic carbocycles. The van der Waals surface area contributed by atoms with Gasteiger partial charge in [0.15, 0.2) is 0 Å². The summed E-state index contributed by atoms with van der Waals surface area (Å²) < 4.78 is 5.66. The first-order valence-electron chi connectivity index (χ1n) is 8.99. The maximum absolute atomic E-state index is 12.9. The molecule has 2 heterocycles. The summed E-state index contributed by atoms with van der Waals surface area (Å²) in [4.78, 5) is 29.4. The average Bonchev–Trinajstić information content (AvgIpc) is 3.26. The van der Waals surface area contributed by atoms with Crippen LogP contribution in [0.1, 0.15) is 45.4 Å². The Balaban J connectivity index is 1.57. The van der Waals surface area contributed by atoms with Crippen molar-refractivity contribution < 1.29 is 14.3 Å². The fourth-order valence-electron chi connectivity index (χ4n) is 3.96. The molecule has 1 saturated carbocycles. The van der Waals surface area contributed by atoms with Crippen molar-refractivity contribution in [2.45, 2.75) is 57.6 Å². The summed E-state index contributed by atoms with van der Waals surface area (Å²) >= 11 is 1.71. The number of amides is 2. The predicted molar refractivity (Wildman–Crippen MR) is 91.1 cm³/mol. The molecule has 0 aromatic heterocycles. The quantitative estimate of drug-likeness (QED) is 0.786. The molecule has 3 rings (SSSR count). The number of thioether (sulfide) groups is 1. The summed E-state index contributed by atoms with van der Waals surface area (Å²) in [5.41, 5.74) is 0. The molecular weight excluding hydrogens is 312 g/mol. The Morgan fingerprint density at radius 3 is 2.43 bits per heavy atom. The Kier molecular flexibility index (Phi) is 5.85. The van der Waals surface area contributed by atoms with Gasteiger partial charge in [-0.15, -0.1) is 11.8 Å². The van der Waals surface area contributed by atoms with Gasteiger partial charge in [-0.2, -0.15) is 0 Å². The summed E-state index contributed by atoms with van der Waals surface area (Å²) in [6, 6.07) is -0.239. The van der Waals surface area contributed by atoms with E-state index in [0.717, 1.165) is 64.0 Å². The first-order valence-corrected chi connectivity index (χ1v) is 10.1. The third kappa shape index (κ3) is 3.85. The molecule has 2 amide bonds. The van der Waals surface area contributed by atoms with Crippen molar-refractivity contribution in [3.63, 3.8) is 0 Å². The van der Waals surface area contributed by atoms with Crippen LogP contribution in [-0.4, -0.2) is 65.1 Å².